The van der Waals surface area contributed by atoms with Crippen LogP contribution in [-0.2, 0) is 96.4 Å². The van der Waals surface area contributed by atoms with Gasteiger partial charge in [-0.1, -0.05) is 76.1 Å². The molecule has 0 aliphatic carbocycles. The summed E-state index contributed by atoms with van der Waals surface area (Å²) in [6, 6.07) is 8.90. The molecule has 19 heteroatoms. The number of aliphatic hydroxyl groups is 3. The van der Waals surface area contributed by atoms with Crippen molar-refractivity contribution in [1.29, 1.82) is 0 Å². The van der Waals surface area contributed by atoms with Crippen LogP contribution in [0.5, 0.6) is 0 Å². The molecule has 0 aromatic heterocycles. The van der Waals surface area contributed by atoms with Crippen LogP contribution in [0.2, 0.25) is 0 Å². The van der Waals surface area contributed by atoms with Gasteiger partial charge in [-0.15, -0.1) is 18.9 Å². The van der Waals surface area contributed by atoms with Crippen molar-refractivity contribution in [2.45, 2.75) is 142 Å². The van der Waals surface area contributed by atoms with Gasteiger partial charge in [-0.05, 0) is 85.7 Å². The number of carboxylic acid groups (broad SMARTS) is 1. The number of nitrogens with one attached hydrogen (secondary N) is 3. The van der Waals surface area contributed by atoms with Crippen LogP contribution < -0.4 is 27.4 Å². The number of aliphatic carboxylic acids is 1. The monoisotopic (exact) mass is 957 g/mol. The van der Waals surface area contributed by atoms with Crippen molar-refractivity contribution in [3.8, 4) is 0 Å². The molecular formula is C44H71N5O10S4. The van der Waals surface area contributed by atoms with Crippen molar-refractivity contribution < 1.29 is 49.2 Å². The Morgan fingerprint density at radius 1 is 0.651 bits per heavy atom. The molecule has 2 unspecified atom stereocenters. The standard InChI is InChI=1S/C22H34N2O5S2.C14H25NO4S2.C8H12N2O/c1-14(21(29)24-18-10-16(12-25)9-17(11-18)13-26)8-19(27)15(2)23-20(28)6-7-22(3,4)31(5)30;1-9(13(18)19)8-11(16)10(2)15-12(17)6-7-14(3,4)21(5)20;9-4-6-1-7(5-11)3-8(10)2-6/h9-11,14-15,25-26H,6-8,12-13H2,1-5H3,(H,23,28)(H,24,29);9-10H,6-8H2,1-5H3,(H,15,17)(H,18,19);1-3,11H,4-5,9-10H2/t14-,15+,31?;9-,10+,21?;/m11./s1. The predicted molar refractivity (Wildman–Crippen MR) is 260 cm³/mol. The summed E-state index contributed by atoms with van der Waals surface area (Å²) in [5.41, 5.74) is 14.9. The number of benzene rings is 2. The molecule has 3 amide bonds. The predicted octanol–water partition coefficient (Wildman–Crippen LogP) is 3.64. The molecule has 2 aromatic rings. The zero-order valence-corrected chi connectivity index (χ0v) is 41.6. The second-order valence-corrected chi connectivity index (χ2v) is 23.8. The minimum Gasteiger partial charge on any atom is -0.481 e. The number of hydrogen-bond donors (Lipinski definition) is 9. The first-order chi connectivity index (χ1) is 29.1. The van der Waals surface area contributed by atoms with Gasteiger partial charge in [-0.25, -0.2) is 0 Å². The van der Waals surface area contributed by atoms with Crippen LogP contribution in [0.15, 0.2) is 36.4 Å². The third kappa shape index (κ3) is 23.8. The summed E-state index contributed by atoms with van der Waals surface area (Å²) in [4.78, 5) is 71.5. The van der Waals surface area contributed by atoms with Crippen LogP contribution in [0.4, 0.5) is 11.4 Å². The molecule has 2 aromatic carbocycles. The number of aliphatic hydroxyl groups excluding tert-OH is 3. The highest BCUT2D eigenvalue weighted by atomic mass is 32.8. The first kappa shape index (κ1) is 59.4. The van der Waals surface area contributed by atoms with Crippen LogP contribution >= 0.6 is 0 Å². The molecule has 0 aliphatic heterocycles. The van der Waals surface area contributed by atoms with E-state index in [9.17, 15) is 39.0 Å². The molecule has 0 radical (unpaired) electrons. The molecule has 0 saturated carbocycles. The van der Waals surface area contributed by atoms with E-state index in [-0.39, 0.29) is 90.4 Å². The molecule has 15 nitrogen and oxygen atoms in total. The number of amides is 3. The second-order valence-electron chi connectivity index (χ2n) is 16.8. The van der Waals surface area contributed by atoms with Gasteiger partial charge in [0.05, 0.1) is 37.8 Å². The Morgan fingerprint density at radius 2 is 1.02 bits per heavy atom. The number of ketones is 2. The molecule has 63 heavy (non-hydrogen) atoms. The van der Waals surface area contributed by atoms with Crippen molar-refractivity contribution in [1.82, 2.24) is 10.6 Å². The summed E-state index contributed by atoms with van der Waals surface area (Å²) in [6.07, 6.45) is 5.75. The molecule has 356 valence electrons. The summed E-state index contributed by atoms with van der Waals surface area (Å²) in [5.74, 6) is -3.61. The highest BCUT2D eigenvalue weighted by Gasteiger charge is 2.26. The molecule has 0 spiro atoms. The minimum absolute atomic E-state index is 0.0119. The van der Waals surface area contributed by atoms with E-state index in [1.165, 1.54) is 6.92 Å². The lowest BCUT2D eigenvalue weighted by Gasteiger charge is -2.24. The Balaban J connectivity index is 0.00000103. The smallest absolute Gasteiger partial charge is 0.306 e. The van der Waals surface area contributed by atoms with Gasteiger partial charge in [0.25, 0.3) is 0 Å². The van der Waals surface area contributed by atoms with Crippen LogP contribution in [-0.4, -0.2) is 89.8 Å². The quantitative estimate of drug-likeness (QED) is 0.0721. The maximum atomic E-state index is 12.5. The lowest BCUT2D eigenvalue weighted by atomic mass is 9.99. The maximum absolute atomic E-state index is 12.5. The molecule has 6 atom stereocenters. The van der Waals surface area contributed by atoms with Crippen molar-refractivity contribution in [2.24, 2.45) is 17.6 Å². The number of carboxylic acids is 1. The molecule has 2 rings (SSSR count). The lowest BCUT2D eigenvalue weighted by molar-refractivity contribution is -0.143. The van der Waals surface area contributed by atoms with E-state index in [0.717, 1.165) is 11.1 Å². The van der Waals surface area contributed by atoms with E-state index in [1.807, 2.05) is 46.3 Å². The number of carbonyl (C=O) groups excluding carboxylic acids is 5. The van der Waals surface area contributed by atoms with E-state index >= 15 is 0 Å². The normalized spacial score (nSPS) is 14.1. The molecular weight excluding hydrogens is 887 g/mol. The zero-order valence-electron chi connectivity index (χ0n) is 38.4. The van der Waals surface area contributed by atoms with Crippen LogP contribution in [0.1, 0.15) is 116 Å². The summed E-state index contributed by atoms with van der Waals surface area (Å²) in [5, 5.41) is 44.2. The Labute approximate surface area is 387 Å². The number of carbonyl (C=O) groups is 6. The fourth-order valence-corrected chi connectivity index (χ4v) is 6.60. The number of nitrogens with two attached hydrogens (primary N) is 2. The highest BCUT2D eigenvalue weighted by molar-refractivity contribution is 8.29. The number of hydrogen-bond acceptors (Lipinski definition) is 13. The number of Topliss-reactive ketones (excluding diaryl/α,β-unsaturated/α-hetero) is 2. The molecule has 0 saturated heterocycles. The average Bonchev–Trinajstić information content (AvgIpc) is 3.21. The third-order valence-electron chi connectivity index (χ3n) is 10.2. The fourth-order valence-electron chi connectivity index (χ4n) is 5.33. The van der Waals surface area contributed by atoms with Crippen LogP contribution in [0, 0.1) is 11.8 Å². The largest absolute Gasteiger partial charge is 0.481 e. The minimum atomic E-state index is -1.01. The Kier molecular flexibility index (Phi) is 27.4. The lowest BCUT2D eigenvalue weighted by Crippen LogP contribution is -2.40. The SMILES string of the molecule is C[C@H](CC(=O)[C@H](C)NC(=O)CCC(C)(C)S(C)=S)C(=O)Nc1cc(CO)cc(CO)c1.C[C@H](CC(=O)[C@H](C)NC(=O)CCC(C)(C)S(C)=S)C(=O)O.NCc1cc(N)cc(CO)c1. The van der Waals surface area contributed by atoms with Gasteiger partial charge < -0.3 is 47.8 Å². The maximum Gasteiger partial charge on any atom is 0.306 e. The summed E-state index contributed by atoms with van der Waals surface area (Å²) in [7, 11) is -0.440. The van der Waals surface area contributed by atoms with Gasteiger partial charge in [-0.3, -0.25) is 28.8 Å². The summed E-state index contributed by atoms with van der Waals surface area (Å²) < 4.78 is -0.201. The molecule has 11 N–H and O–H groups in total. The van der Waals surface area contributed by atoms with Gasteiger partial charge in [0.2, 0.25) is 17.7 Å². The van der Waals surface area contributed by atoms with Gasteiger partial charge in [0.15, 0.2) is 11.6 Å². The first-order valence-corrected chi connectivity index (χ1v) is 25.6. The van der Waals surface area contributed by atoms with Crippen LogP contribution in [0.3, 0.4) is 0 Å². The topological polar surface area (TPSA) is 271 Å². The van der Waals surface area contributed by atoms with Crippen molar-refractivity contribution in [3.05, 3.63) is 58.7 Å². The van der Waals surface area contributed by atoms with Gasteiger partial charge in [-0.2, -0.15) is 0 Å². The van der Waals surface area contributed by atoms with Crippen molar-refractivity contribution >= 4 is 87.9 Å². The number of anilines is 2. The molecule has 0 aliphatic rings. The van der Waals surface area contributed by atoms with E-state index < -0.39 is 29.9 Å². The first-order valence-electron chi connectivity index (χ1n) is 20.5. The van der Waals surface area contributed by atoms with Crippen LogP contribution in [0.25, 0.3) is 0 Å². The van der Waals surface area contributed by atoms with E-state index in [4.69, 9.17) is 44.1 Å². The molecule has 0 heterocycles. The zero-order chi connectivity index (χ0) is 48.8. The number of rotatable bonds is 23. The number of nitrogen functional groups attached to an aromatic ring is 1. The summed E-state index contributed by atoms with van der Waals surface area (Å²) in [6.45, 7) is 14.5. The van der Waals surface area contributed by atoms with Crippen molar-refractivity contribution in [2.75, 3.05) is 23.6 Å². The second kappa shape index (κ2) is 29.1. The third-order valence-corrected chi connectivity index (χ3v) is 16.5. The van der Waals surface area contributed by atoms with E-state index in [1.54, 1.807) is 51.1 Å². The Morgan fingerprint density at radius 3 is 1.38 bits per heavy atom. The van der Waals surface area contributed by atoms with Crippen molar-refractivity contribution in [3.63, 3.8) is 0 Å². The fraction of sp³-hybridized carbons (Fsp3) is 0.591. The molecule has 0 bridgehead atoms. The van der Waals surface area contributed by atoms with Gasteiger partial charge in [0, 0.05) is 59.0 Å². The average molecular weight is 958 g/mol. The Bertz CT molecular complexity index is 1870. The van der Waals surface area contributed by atoms with Gasteiger partial charge in [0.1, 0.15) is 0 Å². The molecule has 0 fully saturated rings. The van der Waals surface area contributed by atoms with Gasteiger partial charge >= 0.3 is 5.97 Å². The van der Waals surface area contributed by atoms with E-state index in [0.29, 0.717) is 54.7 Å². The highest BCUT2D eigenvalue weighted by Crippen LogP contribution is 2.21. The van der Waals surface area contributed by atoms with E-state index in [2.05, 4.69) is 16.0 Å². The Hall–Kier alpha value is -3.56. The summed E-state index contributed by atoms with van der Waals surface area (Å²) >= 11 is 10.6.